The Labute approximate surface area is 162 Å². The fraction of sp³-hybridized carbons (Fsp3) is 0.273. The molecule has 1 N–H and O–H groups in total. The van der Waals surface area contributed by atoms with Crippen molar-refractivity contribution < 1.29 is 9.18 Å². The molecule has 0 bridgehead atoms. The predicted octanol–water partition coefficient (Wildman–Crippen LogP) is 4.61. The van der Waals surface area contributed by atoms with Crippen LogP contribution < -0.4 is 5.32 Å². The molecule has 2 aromatic carbocycles. The number of benzene rings is 2. The number of nitrogens with zero attached hydrogens (tertiary/aromatic N) is 3. The lowest BCUT2D eigenvalue weighted by molar-refractivity contribution is 0.194. The van der Waals surface area contributed by atoms with Crippen LogP contribution >= 0.6 is 0 Å². The van der Waals surface area contributed by atoms with E-state index in [2.05, 4.69) is 22.5 Å². The lowest BCUT2D eigenvalue weighted by atomic mass is 10.1. The number of carbonyl (C=O) groups excluding carboxylic acids is 1. The highest BCUT2D eigenvalue weighted by Gasteiger charge is 2.26. The van der Waals surface area contributed by atoms with Crippen molar-refractivity contribution in [2.45, 2.75) is 31.8 Å². The van der Waals surface area contributed by atoms with Crippen LogP contribution in [0, 0.1) is 5.82 Å². The third-order valence-electron chi connectivity index (χ3n) is 5.50. The summed E-state index contributed by atoms with van der Waals surface area (Å²) in [6, 6.07) is 14.4. The molecule has 0 saturated heterocycles. The first-order chi connectivity index (χ1) is 13.7. The van der Waals surface area contributed by atoms with Gasteiger partial charge in [0.2, 0.25) is 0 Å². The molecule has 1 saturated carbocycles. The van der Waals surface area contributed by atoms with Crippen molar-refractivity contribution in [2.24, 2.45) is 0 Å². The van der Waals surface area contributed by atoms with Crippen LogP contribution in [-0.4, -0.2) is 27.3 Å². The number of fused-ring (bicyclic) bond motifs is 1. The van der Waals surface area contributed by atoms with Gasteiger partial charge in [-0.15, -0.1) is 0 Å². The maximum atomic E-state index is 13.2. The number of urea groups is 1. The largest absolute Gasteiger partial charge is 0.322 e. The van der Waals surface area contributed by atoms with Crippen molar-refractivity contribution >= 4 is 11.7 Å². The van der Waals surface area contributed by atoms with Crippen LogP contribution in [0.25, 0.3) is 11.1 Å². The van der Waals surface area contributed by atoms with Crippen LogP contribution in [0.4, 0.5) is 14.9 Å². The van der Waals surface area contributed by atoms with Gasteiger partial charge < -0.3 is 10.2 Å². The van der Waals surface area contributed by atoms with Crippen LogP contribution in [0.2, 0.25) is 0 Å². The fourth-order valence-corrected chi connectivity index (χ4v) is 3.78. The van der Waals surface area contributed by atoms with E-state index < -0.39 is 0 Å². The van der Waals surface area contributed by atoms with Gasteiger partial charge in [-0.2, -0.15) is 5.10 Å². The van der Waals surface area contributed by atoms with E-state index in [1.54, 1.807) is 23.2 Å². The van der Waals surface area contributed by atoms with E-state index in [4.69, 9.17) is 0 Å². The Hall–Kier alpha value is -3.15. The first kappa shape index (κ1) is 17.0. The highest BCUT2D eigenvalue weighted by molar-refractivity contribution is 5.89. The lowest BCUT2D eigenvalue weighted by Gasteiger charge is -2.28. The molecule has 3 aromatic rings. The summed E-state index contributed by atoms with van der Waals surface area (Å²) in [5.41, 5.74) is 4.95. The van der Waals surface area contributed by atoms with Crippen molar-refractivity contribution in [3.8, 4) is 11.1 Å². The van der Waals surface area contributed by atoms with E-state index in [1.807, 2.05) is 16.8 Å². The minimum absolute atomic E-state index is 0.106. The average Bonchev–Trinajstić information content (AvgIpc) is 3.48. The molecule has 0 atom stereocenters. The predicted molar refractivity (Wildman–Crippen MR) is 105 cm³/mol. The second-order valence-corrected chi connectivity index (χ2v) is 7.49. The number of nitrogens with one attached hydrogen (secondary N) is 1. The smallest absolute Gasteiger partial charge is 0.317 e. The minimum atomic E-state index is -0.265. The molecule has 28 heavy (non-hydrogen) atoms. The Kier molecular flexibility index (Phi) is 4.11. The molecule has 142 valence electrons. The van der Waals surface area contributed by atoms with Crippen LogP contribution in [0.5, 0.6) is 0 Å². The molecule has 2 aliphatic rings. The third-order valence-corrected chi connectivity index (χ3v) is 5.50. The van der Waals surface area contributed by atoms with Gasteiger partial charge in [0, 0.05) is 17.8 Å². The summed E-state index contributed by atoms with van der Waals surface area (Å²) in [7, 11) is 0. The number of amides is 2. The second-order valence-electron chi connectivity index (χ2n) is 7.49. The van der Waals surface area contributed by atoms with Crippen molar-refractivity contribution in [3.05, 3.63) is 71.8 Å². The van der Waals surface area contributed by atoms with Crippen molar-refractivity contribution in [3.63, 3.8) is 0 Å². The van der Waals surface area contributed by atoms with E-state index in [0.29, 0.717) is 25.6 Å². The Morgan fingerprint density at radius 3 is 2.71 bits per heavy atom. The number of anilines is 1. The van der Waals surface area contributed by atoms with Crippen LogP contribution in [0.3, 0.4) is 0 Å². The lowest BCUT2D eigenvalue weighted by Crippen LogP contribution is -2.41. The highest BCUT2D eigenvalue weighted by Crippen LogP contribution is 2.40. The molecule has 0 spiro atoms. The molecule has 2 heterocycles. The van der Waals surface area contributed by atoms with Gasteiger partial charge in [-0.3, -0.25) is 4.68 Å². The third kappa shape index (κ3) is 3.26. The van der Waals surface area contributed by atoms with Gasteiger partial charge in [0.15, 0.2) is 0 Å². The normalized spacial score (nSPS) is 16.0. The molecule has 1 aliphatic heterocycles. The number of aromatic nitrogens is 2. The quantitative estimate of drug-likeness (QED) is 0.725. The van der Waals surface area contributed by atoms with Gasteiger partial charge in [-0.25, -0.2) is 9.18 Å². The molecule has 5 nitrogen and oxygen atoms in total. The number of halogens is 1. The monoisotopic (exact) mass is 376 g/mol. The molecule has 1 aliphatic carbocycles. The van der Waals surface area contributed by atoms with Gasteiger partial charge in [-0.05, 0) is 54.2 Å². The Bertz CT molecular complexity index is 1020. The summed E-state index contributed by atoms with van der Waals surface area (Å²) < 4.78 is 15.2. The van der Waals surface area contributed by atoms with Crippen LogP contribution in [0.15, 0.2) is 54.7 Å². The van der Waals surface area contributed by atoms with E-state index in [1.165, 1.54) is 30.5 Å². The van der Waals surface area contributed by atoms with Crippen LogP contribution in [-0.2, 0) is 13.1 Å². The topological polar surface area (TPSA) is 50.2 Å². The van der Waals surface area contributed by atoms with E-state index >= 15 is 0 Å². The van der Waals surface area contributed by atoms with Gasteiger partial charge in [0.25, 0.3) is 0 Å². The fourth-order valence-electron chi connectivity index (χ4n) is 3.78. The van der Waals surface area contributed by atoms with Gasteiger partial charge in [0.05, 0.1) is 25.0 Å². The number of hydrogen-bond donors (Lipinski definition) is 1. The molecule has 2 amide bonds. The standard InChI is InChI=1S/C22H21FN4O/c23-18-8-6-16(7-9-18)20-13-24-27-11-10-26(14-21(20)27)22(28)25-19-3-1-2-17(12-19)15-4-5-15/h1-3,6-9,12-13,15H,4-5,10-11,14H2,(H,25,28). The van der Waals surface area contributed by atoms with E-state index in [-0.39, 0.29) is 11.8 Å². The van der Waals surface area contributed by atoms with Gasteiger partial charge in [0.1, 0.15) is 5.82 Å². The Balaban J connectivity index is 1.34. The van der Waals surface area contributed by atoms with Crippen LogP contribution in [0.1, 0.15) is 30.0 Å². The maximum Gasteiger partial charge on any atom is 0.322 e. The first-order valence-corrected chi connectivity index (χ1v) is 9.64. The molecule has 6 heteroatoms. The van der Waals surface area contributed by atoms with Crippen molar-refractivity contribution in [1.82, 2.24) is 14.7 Å². The number of hydrogen-bond acceptors (Lipinski definition) is 2. The molecule has 5 rings (SSSR count). The van der Waals surface area contributed by atoms with Crippen molar-refractivity contribution in [1.29, 1.82) is 0 Å². The van der Waals surface area contributed by atoms with E-state index in [9.17, 15) is 9.18 Å². The molecule has 1 fully saturated rings. The Morgan fingerprint density at radius 1 is 1.11 bits per heavy atom. The molecular weight excluding hydrogens is 355 g/mol. The summed E-state index contributed by atoms with van der Waals surface area (Å²) in [5, 5.41) is 7.47. The molecule has 0 unspecified atom stereocenters. The first-order valence-electron chi connectivity index (χ1n) is 9.64. The zero-order valence-corrected chi connectivity index (χ0v) is 15.4. The summed E-state index contributed by atoms with van der Waals surface area (Å²) in [6.07, 6.45) is 4.27. The maximum absolute atomic E-state index is 13.2. The Morgan fingerprint density at radius 2 is 1.93 bits per heavy atom. The summed E-state index contributed by atoms with van der Waals surface area (Å²) in [5.74, 6) is 0.388. The zero-order valence-electron chi connectivity index (χ0n) is 15.4. The molecular formula is C22H21FN4O. The molecule has 1 aromatic heterocycles. The minimum Gasteiger partial charge on any atom is -0.317 e. The average molecular weight is 376 g/mol. The van der Waals surface area contributed by atoms with Crippen molar-refractivity contribution in [2.75, 3.05) is 11.9 Å². The van der Waals surface area contributed by atoms with E-state index in [0.717, 1.165) is 22.5 Å². The second kappa shape index (κ2) is 6.78. The number of carbonyl (C=O) groups is 1. The summed E-state index contributed by atoms with van der Waals surface area (Å²) >= 11 is 0. The zero-order chi connectivity index (χ0) is 19.1. The van der Waals surface area contributed by atoms with Gasteiger partial charge in [-0.1, -0.05) is 24.3 Å². The SMILES string of the molecule is O=C(Nc1cccc(C2CC2)c1)N1CCn2ncc(-c3ccc(F)cc3)c2C1. The van der Waals surface area contributed by atoms with Gasteiger partial charge >= 0.3 is 6.03 Å². The number of rotatable bonds is 3. The molecule has 0 radical (unpaired) electrons. The summed E-state index contributed by atoms with van der Waals surface area (Å²) in [6.45, 7) is 1.72. The summed E-state index contributed by atoms with van der Waals surface area (Å²) in [4.78, 5) is 14.6. The highest BCUT2D eigenvalue weighted by atomic mass is 19.1.